The highest BCUT2D eigenvalue weighted by Gasteiger charge is 2.17. The lowest BCUT2D eigenvalue weighted by Crippen LogP contribution is -2.42. The highest BCUT2D eigenvalue weighted by molar-refractivity contribution is 4.73. The minimum absolute atomic E-state index is 0.209. The summed E-state index contributed by atoms with van der Waals surface area (Å²) in [7, 11) is 0. The number of nitrogens with one attached hydrogen (secondary N) is 1. The van der Waals surface area contributed by atoms with Crippen molar-refractivity contribution in [2.75, 3.05) is 19.8 Å². The van der Waals surface area contributed by atoms with Crippen molar-refractivity contribution >= 4 is 0 Å². The van der Waals surface area contributed by atoms with Gasteiger partial charge in [-0.2, -0.15) is 0 Å². The van der Waals surface area contributed by atoms with E-state index in [2.05, 4.69) is 19.2 Å². The molecule has 1 heterocycles. The monoisotopic (exact) mass is 201 g/mol. The second-order valence-electron chi connectivity index (χ2n) is 4.43. The first-order chi connectivity index (χ1) is 6.74. The van der Waals surface area contributed by atoms with E-state index < -0.39 is 0 Å². The van der Waals surface area contributed by atoms with E-state index in [4.69, 9.17) is 9.84 Å². The van der Waals surface area contributed by atoms with Gasteiger partial charge in [-0.15, -0.1) is 0 Å². The summed E-state index contributed by atoms with van der Waals surface area (Å²) >= 11 is 0. The van der Waals surface area contributed by atoms with Crippen LogP contribution >= 0.6 is 0 Å². The van der Waals surface area contributed by atoms with E-state index in [1.54, 1.807) is 0 Å². The Kier molecular flexibility index (Phi) is 5.45. The van der Waals surface area contributed by atoms with Crippen molar-refractivity contribution in [2.45, 2.75) is 45.3 Å². The Morgan fingerprint density at radius 1 is 1.43 bits per heavy atom. The van der Waals surface area contributed by atoms with Gasteiger partial charge < -0.3 is 15.2 Å². The molecule has 0 saturated carbocycles. The highest BCUT2D eigenvalue weighted by Crippen LogP contribution is 2.12. The first-order valence-corrected chi connectivity index (χ1v) is 5.70. The fourth-order valence-corrected chi connectivity index (χ4v) is 1.76. The van der Waals surface area contributed by atoms with Gasteiger partial charge in [0, 0.05) is 19.2 Å². The number of hydrogen-bond donors (Lipinski definition) is 2. The molecule has 0 bridgehead atoms. The number of aliphatic hydroxyl groups excluding tert-OH is 1. The highest BCUT2D eigenvalue weighted by atomic mass is 16.5. The van der Waals surface area contributed by atoms with Gasteiger partial charge in [0.15, 0.2) is 0 Å². The maximum Gasteiger partial charge on any atom is 0.0699 e. The van der Waals surface area contributed by atoms with Gasteiger partial charge in [0.25, 0.3) is 0 Å². The molecule has 1 fully saturated rings. The molecule has 0 aromatic carbocycles. The number of aliphatic hydroxyl groups is 1. The molecule has 3 heteroatoms. The van der Waals surface area contributed by atoms with Gasteiger partial charge >= 0.3 is 0 Å². The third-order valence-electron chi connectivity index (χ3n) is 2.88. The SMILES string of the molecule is CC(C)C(CO)NCC1CCCCO1. The molecule has 1 aliphatic rings. The van der Waals surface area contributed by atoms with Crippen molar-refractivity contribution < 1.29 is 9.84 Å². The Morgan fingerprint density at radius 2 is 2.21 bits per heavy atom. The zero-order chi connectivity index (χ0) is 10.4. The topological polar surface area (TPSA) is 41.5 Å². The lowest BCUT2D eigenvalue weighted by atomic mass is 10.0. The largest absolute Gasteiger partial charge is 0.395 e. The van der Waals surface area contributed by atoms with Crippen LogP contribution < -0.4 is 5.32 Å². The van der Waals surface area contributed by atoms with E-state index in [1.165, 1.54) is 12.8 Å². The molecule has 2 atom stereocenters. The van der Waals surface area contributed by atoms with Crippen molar-refractivity contribution in [3.63, 3.8) is 0 Å². The molecule has 0 aliphatic carbocycles. The number of rotatable bonds is 5. The maximum atomic E-state index is 9.12. The predicted molar refractivity (Wildman–Crippen MR) is 57.3 cm³/mol. The van der Waals surface area contributed by atoms with Crippen molar-refractivity contribution in [1.82, 2.24) is 5.32 Å². The lowest BCUT2D eigenvalue weighted by molar-refractivity contribution is 0.0130. The fraction of sp³-hybridized carbons (Fsp3) is 1.00. The summed E-state index contributed by atoms with van der Waals surface area (Å²) in [4.78, 5) is 0. The van der Waals surface area contributed by atoms with Crippen LogP contribution in [-0.2, 0) is 4.74 Å². The van der Waals surface area contributed by atoms with E-state index in [0.29, 0.717) is 12.0 Å². The third-order valence-corrected chi connectivity index (χ3v) is 2.88. The Bertz CT molecular complexity index is 144. The van der Waals surface area contributed by atoms with Crippen LogP contribution in [0.5, 0.6) is 0 Å². The molecule has 0 spiro atoms. The molecular weight excluding hydrogens is 178 g/mol. The van der Waals surface area contributed by atoms with E-state index in [1.807, 2.05) is 0 Å². The summed E-state index contributed by atoms with van der Waals surface area (Å²) in [5.74, 6) is 0.476. The average Bonchev–Trinajstić information content (AvgIpc) is 2.20. The molecule has 1 saturated heterocycles. The van der Waals surface area contributed by atoms with Crippen molar-refractivity contribution in [1.29, 1.82) is 0 Å². The molecule has 1 rings (SSSR count). The van der Waals surface area contributed by atoms with Crippen LogP contribution in [0.1, 0.15) is 33.1 Å². The second kappa shape index (κ2) is 6.38. The summed E-state index contributed by atoms with van der Waals surface area (Å²) in [6, 6.07) is 0.209. The van der Waals surface area contributed by atoms with Crippen LogP contribution in [0.3, 0.4) is 0 Å². The van der Waals surface area contributed by atoms with Crippen molar-refractivity contribution in [3.8, 4) is 0 Å². The van der Waals surface area contributed by atoms with Gasteiger partial charge in [0.05, 0.1) is 12.7 Å². The number of ether oxygens (including phenoxy) is 1. The van der Waals surface area contributed by atoms with Crippen LogP contribution in [0.4, 0.5) is 0 Å². The first-order valence-electron chi connectivity index (χ1n) is 5.70. The molecule has 3 nitrogen and oxygen atoms in total. The molecule has 1 aliphatic heterocycles. The zero-order valence-electron chi connectivity index (χ0n) is 9.33. The van der Waals surface area contributed by atoms with Gasteiger partial charge in [-0.25, -0.2) is 0 Å². The van der Waals surface area contributed by atoms with Crippen LogP contribution in [0.25, 0.3) is 0 Å². The summed E-state index contributed by atoms with van der Waals surface area (Å²) in [5, 5.41) is 12.5. The Labute approximate surface area is 86.8 Å². The maximum absolute atomic E-state index is 9.12. The van der Waals surface area contributed by atoms with E-state index in [-0.39, 0.29) is 12.6 Å². The van der Waals surface area contributed by atoms with E-state index in [0.717, 1.165) is 19.6 Å². The summed E-state index contributed by atoms with van der Waals surface area (Å²) in [5.41, 5.74) is 0. The van der Waals surface area contributed by atoms with E-state index in [9.17, 15) is 0 Å². The predicted octanol–water partition coefficient (Wildman–Crippen LogP) is 1.16. The van der Waals surface area contributed by atoms with Crippen LogP contribution in [0, 0.1) is 5.92 Å². The third kappa shape index (κ3) is 3.95. The van der Waals surface area contributed by atoms with Gasteiger partial charge in [-0.05, 0) is 25.2 Å². The molecule has 14 heavy (non-hydrogen) atoms. The smallest absolute Gasteiger partial charge is 0.0699 e. The Hall–Kier alpha value is -0.120. The second-order valence-corrected chi connectivity index (χ2v) is 4.43. The lowest BCUT2D eigenvalue weighted by Gasteiger charge is -2.26. The molecule has 2 unspecified atom stereocenters. The fourth-order valence-electron chi connectivity index (χ4n) is 1.76. The minimum atomic E-state index is 0.209. The molecular formula is C11H23NO2. The van der Waals surface area contributed by atoms with Gasteiger partial charge in [0.2, 0.25) is 0 Å². The van der Waals surface area contributed by atoms with Gasteiger partial charge in [-0.3, -0.25) is 0 Å². The molecule has 0 radical (unpaired) electrons. The summed E-state index contributed by atoms with van der Waals surface area (Å²) in [6.07, 6.45) is 3.99. The average molecular weight is 201 g/mol. The molecule has 0 amide bonds. The van der Waals surface area contributed by atoms with Gasteiger partial charge in [-0.1, -0.05) is 13.8 Å². The van der Waals surface area contributed by atoms with Gasteiger partial charge in [0.1, 0.15) is 0 Å². The zero-order valence-corrected chi connectivity index (χ0v) is 9.33. The molecule has 0 aromatic heterocycles. The number of hydrogen-bond acceptors (Lipinski definition) is 3. The van der Waals surface area contributed by atoms with Crippen molar-refractivity contribution in [2.24, 2.45) is 5.92 Å². The molecule has 2 N–H and O–H groups in total. The molecule has 0 aromatic rings. The summed E-state index contributed by atoms with van der Waals surface area (Å²) in [6.45, 7) is 6.23. The summed E-state index contributed by atoms with van der Waals surface area (Å²) < 4.78 is 5.61. The van der Waals surface area contributed by atoms with Crippen molar-refractivity contribution in [3.05, 3.63) is 0 Å². The minimum Gasteiger partial charge on any atom is -0.395 e. The van der Waals surface area contributed by atoms with Crippen LogP contribution in [0.2, 0.25) is 0 Å². The van der Waals surface area contributed by atoms with Crippen LogP contribution in [0.15, 0.2) is 0 Å². The Balaban J connectivity index is 2.16. The van der Waals surface area contributed by atoms with Crippen LogP contribution in [-0.4, -0.2) is 37.0 Å². The first kappa shape index (κ1) is 12.0. The van der Waals surface area contributed by atoms with E-state index >= 15 is 0 Å². The Morgan fingerprint density at radius 3 is 2.71 bits per heavy atom. The normalized spacial score (nSPS) is 25.3. The molecule has 84 valence electrons. The standard InChI is InChI=1S/C11H23NO2/c1-9(2)11(8-13)12-7-10-5-3-4-6-14-10/h9-13H,3-8H2,1-2H3. The quantitative estimate of drug-likeness (QED) is 0.701.